The van der Waals surface area contributed by atoms with Crippen molar-refractivity contribution in [2.75, 3.05) is 18.5 Å². The molecule has 2 aliphatic heterocycles. The summed E-state index contributed by atoms with van der Waals surface area (Å²) in [4.78, 5) is 26.5. The molecule has 144 valence electrons. The first-order chi connectivity index (χ1) is 13.6. The van der Waals surface area contributed by atoms with Crippen molar-refractivity contribution in [3.63, 3.8) is 0 Å². The molecule has 4 rings (SSSR count). The topological polar surface area (TPSA) is 67.4 Å². The molecule has 0 radical (unpaired) electrons. The maximum absolute atomic E-state index is 12.5. The van der Waals surface area contributed by atoms with Crippen LogP contribution in [0.3, 0.4) is 0 Å². The number of thioether (sulfide) groups is 1. The molecule has 2 amide bonds. The van der Waals surface area contributed by atoms with Crippen LogP contribution >= 0.6 is 11.8 Å². The van der Waals surface area contributed by atoms with Gasteiger partial charge in [0.1, 0.15) is 0 Å². The van der Waals surface area contributed by atoms with E-state index in [0.29, 0.717) is 22.7 Å². The first-order valence-corrected chi connectivity index (χ1v) is 10.2. The van der Waals surface area contributed by atoms with Crippen LogP contribution in [0.15, 0.2) is 52.3 Å². The molecule has 5 nitrogen and oxygen atoms in total. The van der Waals surface area contributed by atoms with Crippen molar-refractivity contribution in [2.24, 2.45) is 0 Å². The summed E-state index contributed by atoms with van der Waals surface area (Å²) in [5, 5.41) is 5.81. The summed E-state index contributed by atoms with van der Waals surface area (Å²) in [5.74, 6) is -0.312. The van der Waals surface area contributed by atoms with Crippen molar-refractivity contribution < 1.29 is 14.3 Å². The molecule has 2 aliphatic rings. The lowest BCUT2D eigenvalue weighted by Crippen LogP contribution is -2.31. The largest absolute Gasteiger partial charge is 0.376 e. The van der Waals surface area contributed by atoms with E-state index in [1.54, 1.807) is 12.1 Å². The van der Waals surface area contributed by atoms with E-state index in [4.69, 9.17) is 4.74 Å². The number of rotatable bonds is 4. The van der Waals surface area contributed by atoms with Crippen LogP contribution in [0.2, 0.25) is 0 Å². The molecule has 0 spiro atoms. The molecule has 0 aromatic heterocycles. The van der Waals surface area contributed by atoms with Gasteiger partial charge in [-0.15, -0.1) is 0 Å². The molecular formula is C22H22N2O3S. The van der Waals surface area contributed by atoms with E-state index in [-0.39, 0.29) is 17.9 Å². The molecule has 0 aliphatic carbocycles. The summed E-state index contributed by atoms with van der Waals surface area (Å²) < 4.78 is 5.53. The highest BCUT2D eigenvalue weighted by Crippen LogP contribution is 2.39. The molecule has 6 heteroatoms. The zero-order chi connectivity index (χ0) is 19.5. The molecule has 2 aromatic rings. The maximum Gasteiger partial charge on any atom is 0.262 e. The van der Waals surface area contributed by atoms with Crippen LogP contribution in [0.1, 0.15) is 34.3 Å². The highest BCUT2D eigenvalue weighted by atomic mass is 32.2. The van der Waals surface area contributed by atoms with Crippen LogP contribution in [-0.4, -0.2) is 31.1 Å². The Kier molecular flexibility index (Phi) is 5.50. The van der Waals surface area contributed by atoms with Gasteiger partial charge in [0.25, 0.3) is 11.8 Å². The Morgan fingerprint density at radius 2 is 2.11 bits per heavy atom. The Balaban J connectivity index is 1.47. The van der Waals surface area contributed by atoms with Gasteiger partial charge in [0.15, 0.2) is 0 Å². The van der Waals surface area contributed by atoms with Crippen LogP contribution < -0.4 is 10.6 Å². The first kappa shape index (κ1) is 18.8. The van der Waals surface area contributed by atoms with Crippen molar-refractivity contribution >= 4 is 35.3 Å². The Morgan fingerprint density at radius 1 is 1.29 bits per heavy atom. The van der Waals surface area contributed by atoms with Crippen LogP contribution in [0.4, 0.5) is 5.69 Å². The number of amides is 2. The van der Waals surface area contributed by atoms with Crippen LogP contribution in [0.25, 0.3) is 6.08 Å². The average molecular weight is 394 g/mol. The molecule has 1 fully saturated rings. The second-order valence-electron chi connectivity index (χ2n) is 7.03. The fraction of sp³-hybridized carbons (Fsp3) is 0.273. The van der Waals surface area contributed by atoms with Gasteiger partial charge in [-0.1, -0.05) is 41.6 Å². The third-order valence-electron chi connectivity index (χ3n) is 4.82. The third-order valence-corrected chi connectivity index (χ3v) is 5.92. The molecule has 2 aromatic carbocycles. The van der Waals surface area contributed by atoms with Crippen LogP contribution in [-0.2, 0) is 9.53 Å². The summed E-state index contributed by atoms with van der Waals surface area (Å²) in [6, 6.07) is 13.4. The molecule has 28 heavy (non-hydrogen) atoms. The minimum Gasteiger partial charge on any atom is -0.376 e. The number of benzene rings is 2. The van der Waals surface area contributed by atoms with E-state index in [1.807, 2.05) is 43.3 Å². The van der Waals surface area contributed by atoms with Crippen molar-refractivity contribution in [3.8, 4) is 0 Å². The van der Waals surface area contributed by atoms with Crippen LogP contribution in [0.5, 0.6) is 0 Å². The van der Waals surface area contributed by atoms with Crippen molar-refractivity contribution in [3.05, 3.63) is 64.1 Å². The van der Waals surface area contributed by atoms with Gasteiger partial charge in [-0.25, -0.2) is 0 Å². The second-order valence-corrected chi connectivity index (χ2v) is 8.12. The molecule has 0 bridgehead atoms. The molecule has 0 saturated carbocycles. The van der Waals surface area contributed by atoms with Crippen LogP contribution in [0, 0.1) is 6.92 Å². The van der Waals surface area contributed by atoms with E-state index in [9.17, 15) is 9.59 Å². The van der Waals surface area contributed by atoms with Gasteiger partial charge in [-0.05, 0) is 49.6 Å². The minimum absolute atomic E-state index is 0.103. The number of nitrogens with one attached hydrogen (secondary N) is 2. The fourth-order valence-electron chi connectivity index (χ4n) is 3.23. The number of carbonyl (C=O) groups excluding carboxylic acids is 2. The third kappa shape index (κ3) is 4.29. The monoisotopic (exact) mass is 394 g/mol. The summed E-state index contributed by atoms with van der Waals surface area (Å²) in [6.07, 6.45) is 4.00. The normalized spacial score (nSPS) is 20.0. The second kappa shape index (κ2) is 8.20. The number of ether oxygens (including phenoxy) is 1. The fourth-order valence-corrected chi connectivity index (χ4v) is 4.16. The molecule has 2 N–H and O–H groups in total. The number of hydrogen-bond donors (Lipinski definition) is 2. The Hall–Kier alpha value is -2.57. The number of hydrogen-bond acceptors (Lipinski definition) is 4. The van der Waals surface area contributed by atoms with Gasteiger partial charge in [0.2, 0.25) is 0 Å². The molecule has 1 atom stereocenters. The highest BCUT2D eigenvalue weighted by Gasteiger charge is 2.23. The predicted octanol–water partition coefficient (Wildman–Crippen LogP) is 3.99. The summed E-state index contributed by atoms with van der Waals surface area (Å²) in [7, 11) is 0. The summed E-state index contributed by atoms with van der Waals surface area (Å²) in [5.41, 5.74) is 3.36. The van der Waals surface area contributed by atoms with E-state index in [0.717, 1.165) is 29.9 Å². The van der Waals surface area contributed by atoms with E-state index < -0.39 is 0 Å². The van der Waals surface area contributed by atoms with E-state index in [1.165, 1.54) is 17.3 Å². The van der Waals surface area contributed by atoms with Gasteiger partial charge < -0.3 is 15.4 Å². The van der Waals surface area contributed by atoms with Crippen molar-refractivity contribution in [2.45, 2.75) is 30.8 Å². The molecule has 0 unspecified atom stereocenters. The standard InChI is InChI=1S/C22H22N2O3S/c1-14-4-6-15(7-5-14)11-20-22(26)24-18-12-16(8-9-19(18)28-20)21(25)23-13-17-3-2-10-27-17/h4-9,11-12,17H,2-3,10,13H2,1H3,(H,23,25)(H,24,26)/b20-11+/t17-/m0/s1. The quantitative estimate of drug-likeness (QED) is 0.770. The predicted molar refractivity (Wildman–Crippen MR) is 111 cm³/mol. The zero-order valence-corrected chi connectivity index (χ0v) is 16.5. The van der Waals surface area contributed by atoms with Gasteiger partial charge in [0, 0.05) is 23.6 Å². The molecular weight excluding hydrogens is 372 g/mol. The molecule has 2 heterocycles. The van der Waals surface area contributed by atoms with E-state index in [2.05, 4.69) is 10.6 Å². The highest BCUT2D eigenvalue weighted by molar-refractivity contribution is 8.04. The SMILES string of the molecule is Cc1ccc(/C=C2/Sc3ccc(C(=O)NC[C@@H]4CCCO4)cc3NC2=O)cc1. The van der Waals surface area contributed by atoms with E-state index >= 15 is 0 Å². The van der Waals surface area contributed by atoms with Gasteiger partial charge >= 0.3 is 0 Å². The maximum atomic E-state index is 12.5. The summed E-state index contributed by atoms with van der Waals surface area (Å²) >= 11 is 1.42. The zero-order valence-electron chi connectivity index (χ0n) is 15.7. The van der Waals surface area contributed by atoms with Gasteiger partial charge in [-0.2, -0.15) is 0 Å². The van der Waals surface area contributed by atoms with Crippen molar-refractivity contribution in [1.29, 1.82) is 0 Å². The summed E-state index contributed by atoms with van der Waals surface area (Å²) in [6.45, 7) is 3.31. The number of aryl methyl sites for hydroxylation is 1. The van der Waals surface area contributed by atoms with Gasteiger partial charge in [-0.3, -0.25) is 9.59 Å². The lowest BCUT2D eigenvalue weighted by molar-refractivity contribution is -0.112. The number of fused-ring (bicyclic) bond motifs is 1. The average Bonchev–Trinajstić information content (AvgIpc) is 3.21. The smallest absolute Gasteiger partial charge is 0.262 e. The van der Waals surface area contributed by atoms with Gasteiger partial charge in [0.05, 0.1) is 16.7 Å². The minimum atomic E-state index is -0.157. The lowest BCUT2D eigenvalue weighted by Gasteiger charge is -2.19. The van der Waals surface area contributed by atoms with Crippen molar-refractivity contribution in [1.82, 2.24) is 5.32 Å². The number of carbonyl (C=O) groups is 2. The Morgan fingerprint density at radius 3 is 2.86 bits per heavy atom. The number of anilines is 1. The Labute approximate surface area is 168 Å². The Bertz CT molecular complexity index is 931. The lowest BCUT2D eigenvalue weighted by atomic mass is 10.1. The molecule has 1 saturated heterocycles. The first-order valence-electron chi connectivity index (χ1n) is 9.40.